The molecule has 0 fully saturated rings. The largest absolute Gasteiger partial charge is 0.139 e. The molecule has 0 spiro atoms. The zero-order valence-corrected chi connectivity index (χ0v) is 4.53. The fraction of sp³-hybridized carbons (Fsp3) is 0.500. The molecular formula is C2H3BS2. The Labute approximate surface area is 42.7 Å². The summed E-state index contributed by atoms with van der Waals surface area (Å²) in [6.45, 7) is 0. The first kappa shape index (κ1) is 5.50. The third-order valence-corrected chi connectivity index (χ3v) is 1.10. The summed E-state index contributed by atoms with van der Waals surface area (Å²) in [5.41, 5.74) is 0. The van der Waals surface area contributed by atoms with Crippen molar-refractivity contribution < 1.29 is 0 Å². The molecule has 0 saturated carbocycles. The first-order valence-corrected chi connectivity index (χ1v) is 2.74. The summed E-state index contributed by atoms with van der Waals surface area (Å²) < 4.78 is 0.505. The number of thioether (sulfide) groups is 1. The second-order valence-electron chi connectivity index (χ2n) is 0.523. The molecule has 0 aromatic heterocycles. The summed E-state index contributed by atoms with van der Waals surface area (Å²) in [7, 11) is 4.99. The standard InChI is InChI=1S/C2H3BS2/c1-5-2(3)4/h1H3. The number of thiocarbonyl (C=S) groups is 1. The lowest BCUT2D eigenvalue weighted by Gasteiger charge is -1.77. The highest BCUT2D eigenvalue weighted by Gasteiger charge is 1.71. The minimum Gasteiger partial charge on any atom is -0.134 e. The Hall–Kier alpha value is 0.505. The smallest absolute Gasteiger partial charge is 0.134 e. The van der Waals surface area contributed by atoms with Gasteiger partial charge in [-0.2, -0.15) is 0 Å². The summed E-state index contributed by atoms with van der Waals surface area (Å²) in [6.07, 6.45) is 1.85. The molecule has 0 bridgehead atoms. The van der Waals surface area contributed by atoms with E-state index in [1.807, 2.05) is 6.26 Å². The van der Waals surface area contributed by atoms with Crippen LogP contribution in [0.5, 0.6) is 0 Å². The van der Waals surface area contributed by atoms with Gasteiger partial charge in [0.2, 0.25) is 0 Å². The van der Waals surface area contributed by atoms with Gasteiger partial charge in [-0.3, -0.25) is 0 Å². The van der Waals surface area contributed by atoms with Crippen LogP contribution in [0.25, 0.3) is 0 Å². The van der Waals surface area contributed by atoms with Crippen LogP contribution in [0, 0.1) is 0 Å². The predicted octanol–water partition coefficient (Wildman–Crippen LogP) is 0.803. The molecule has 0 aliphatic carbocycles. The van der Waals surface area contributed by atoms with Crippen LogP contribution in [-0.4, -0.2) is 18.2 Å². The second kappa shape index (κ2) is 2.73. The third-order valence-electron chi connectivity index (χ3n) is 0.201. The summed E-state index contributed by atoms with van der Waals surface area (Å²) in [6, 6.07) is 0. The van der Waals surface area contributed by atoms with Gasteiger partial charge in [0.25, 0.3) is 0 Å². The van der Waals surface area contributed by atoms with E-state index in [0.29, 0.717) is 4.10 Å². The molecule has 2 radical (unpaired) electrons. The summed E-state index contributed by atoms with van der Waals surface area (Å²) in [4.78, 5) is 0. The lowest BCUT2D eigenvalue weighted by atomic mass is 10.2. The zero-order chi connectivity index (χ0) is 4.28. The summed E-state index contributed by atoms with van der Waals surface area (Å²) >= 11 is 5.83. The Kier molecular flexibility index (Phi) is 3.00. The molecular weight excluding hydrogens is 99.0 g/mol. The fourth-order valence-corrected chi connectivity index (χ4v) is 0. The average Bonchev–Trinajstić information content (AvgIpc) is 1.38. The lowest BCUT2D eigenvalue weighted by molar-refractivity contribution is 2.53. The van der Waals surface area contributed by atoms with Crippen LogP contribution < -0.4 is 0 Å². The number of rotatable bonds is 0. The zero-order valence-electron chi connectivity index (χ0n) is 2.89. The Morgan fingerprint density at radius 3 is 2.20 bits per heavy atom. The molecule has 0 heterocycles. The van der Waals surface area contributed by atoms with Crippen molar-refractivity contribution in [1.29, 1.82) is 0 Å². The second-order valence-corrected chi connectivity index (χ2v) is 2.07. The SMILES string of the molecule is [B]C(=S)SC. The van der Waals surface area contributed by atoms with E-state index in [1.165, 1.54) is 11.8 Å². The summed E-state index contributed by atoms with van der Waals surface area (Å²) in [5, 5.41) is 0. The van der Waals surface area contributed by atoms with Crippen molar-refractivity contribution in [3.05, 3.63) is 0 Å². The molecule has 0 N–H and O–H groups in total. The van der Waals surface area contributed by atoms with Crippen LogP contribution in [-0.2, 0) is 0 Å². The van der Waals surface area contributed by atoms with Gasteiger partial charge in [-0.05, 0) is 10.4 Å². The van der Waals surface area contributed by atoms with Gasteiger partial charge in [-0.15, -0.1) is 11.8 Å². The van der Waals surface area contributed by atoms with Gasteiger partial charge < -0.3 is 0 Å². The third kappa shape index (κ3) is 4.50. The van der Waals surface area contributed by atoms with Gasteiger partial charge in [0.15, 0.2) is 0 Å². The number of hydrogen-bond acceptors (Lipinski definition) is 2. The van der Waals surface area contributed by atoms with Gasteiger partial charge in [0, 0.05) is 0 Å². The highest BCUT2D eigenvalue weighted by molar-refractivity contribution is 8.25. The minimum atomic E-state index is 0.505. The van der Waals surface area contributed by atoms with Crippen molar-refractivity contribution in [2.24, 2.45) is 0 Å². The van der Waals surface area contributed by atoms with Crippen LogP contribution in [0.15, 0.2) is 0 Å². The maximum Gasteiger partial charge on any atom is 0.139 e. The van der Waals surface area contributed by atoms with Crippen LogP contribution >= 0.6 is 24.0 Å². The van der Waals surface area contributed by atoms with E-state index in [4.69, 9.17) is 7.85 Å². The first-order valence-electron chi connectivity index (χ1n) is 1.11. The maximum atomic E-state index is 4.99. The van der Waals surface area contributed by atoms with Gasteiger partial charge in [0.05, 0.1) is 0 Å². The van der Waals surface area contributed by atoms with Crippen LogP contribution in [0.4, 0.5) is 0 Å². The molecule has 3 heteroatoms. The van der Waals surface area contributed by atoms with Crippen molar-refractivity contribution in [3.63, 3.8) is 0 Å². The van der Waals surface area contributed by atoms with Crippen molar-refractivity contribution in [1.82, 2.24) is 0 Å². The average molecular weight is 102 g/mol. The van der Waals surface area contributed by atoms with E-state index in [2.05, 4.69) is 12.2 Å². The highest BCUT2D eigenvalue weighted by Crippen LogP contribution is 1.89. The summed E-state index contributed by atoms with van der Waals surface area (Å²) in [5.74, 6) is 0. The monoisotopic (exact) mass is 102 g/mol. The minimum absolute atomic E-state index is 0.505. The van der Waals surface area contributed by atoms with E-state index in [9.17, 15) is 0 Å². The Bertz CT molecular complexity index is 42.9. The van der Waals surface area contributed by atoms with Gasteiger partial charge in [-0.25, -0.2) is 0 Å². The van der Waals surface area contributed by atoms with Crippen molar-refractivity contribution in [2.45, 2.75) is 0 Å². The molecule has 0 unspecified atom stereocenters. The Morgan fingerprint density at radius 1 is 2.00 bits per heavy atom. The molecule has 0 atom stereocenters. The number of hydrogen-bond donors (Lipinski definition) is 0. The fourth-order valence-electron chi connectivity index (χ4n) is 0. The molecule has 0 rings (SSSR count). The van der Waals surface area contributed by atoms with Crippen LogP contribution in [0.3, 0.4) is 0 Å². The molecule has 0 amide bonds. The molecule has 0 aliphatic heterocycles. The quantitative estimate of drug-likeness (QED) is 0.327. The molecule has 0 aromatic carbocycles. The van der Waals surface area contributed by atoms with Gasteiger partial charge >= 0.3 is 0 Å². The van der Waals surface area contributed by atoms with Crippen molar-refractivity contribution in [2.75, 3.05) is 6.26 Å². The van der Waals surface area contributed by atoms with E-state index in [1.54, 1.807) is 0 Å². The van der Waals surface area contributed by atoms with Gasteiger partial charge in [-0.1, -0.05) is 12.2 Å². The highest BCUT2D eigenvalue weighted by atomic mass is 32.2. The predicted molar refractivity (Wildman–Crippen MR) is 31.9 cm³/mol. The van der Waals surface area contributed by atoms with Crippen LogP contribution in [0.1, 0.15) is 0 Å². The lowest BCUT2D eigenvalue weighted by Crippen LogP contribution is -1.77. The normalized spacial score (nSPS) is 7.40. The Morgan fingerprint density at radius 2 is 2.20 bits per heavy atom. The van der Waals surface area contributed by atoms with E-state index < -0.39 is 0 Å². The first-order chi connectivity index (χ1) is 2.27. The van der Waals surface area contributed by atoms with E-state index in [-0.39, 0.29) is 0 Å². The topological polar surface area (TPSA) is 0 Å². The molecule has 0 nitrogen and oxygen atoms in total. The molecule has 26 valence electrons. The van der Waals surface area contributed by atoms with E-state index in [0.717, 1.165) is 0 Å². The van der Waals surface area contributed by atoms with E-state index >= 15 is 0 Å². The Balaban J connectivity index is 2.85. The van der Waals surface area contributed by atoms with Crippen molar-refractivity contribution >= 4 is 35.9 Å². The molecule has 0 aromatic rings. The van der Waals surface area contributed by atoms with Crippen molar-refractivity contribution in [3.8, 4) is 0 Å². The molecule has 5 heavy (non-hydrogen) atoms. The molecule has 0 aliphatic rings. The molecule has 0 saturated heterocycles. The van der Waals surface area contributed by atoms with Crippen LogP contribution in [0.2, 0.25) is 0 Å². The maximum absolute atomic E-state index is 4.99. The van der Waals surface area contributed by atoms with Gasteiger partial charge in [0.1, 0.15) is 7.85 Å².